The fraction of sp³-hybridized carbons (Fsp3) is 0.552. The number of unbranched alkanes of at least 4 members (excludes halogenated alkanes) is 1. The largest absolute Gasteiger partial charge is 0.390 e. The van der Waals surface area contributed by atoms with Crippen LogP contribution in [-0.2, 0) is 16.4 Å². The quantitative estimate of drug-likeness (QED) is 0.265. The van der Waals surface area contributed by atoms with E-state index >= 15 is 0 Å². The smallest absolute Gasteiger partial charge is 0.251 e. The molecule has 0 aromatic heterocycles. The van der Waals surface area contributed by atoms with Gasteiger partial charge in [-0.15, -0.1) is 12.4 Å². The number of carbonyl (C=O) groups excluding carboxylic acids is 1. The Hall–Kier alpha value is -2.33. The van der Waals surface area contributed by atoms with Gasteiger partial charge in [-0.1, -0.05) is 50.1 Å². The van der Waals surface area contributed by atoms with Gasteiger partial charge >= 0.3 is 0 Å². The summed E-state index contributed by atoms with van der Waals surface area (Å²) >= 11 is 0. The molecule has 1 saturated heterocycles. The molecule has 1 aliphatic rings. The molecule has 1 fully saturated rings. The number of aliphatic hydroxyl groups excluding tert-OH is 1. The Labute approximate surface area is 240 Å². The van der Waals surface area contributed by atoms with Gasteiger partial charge in [0.05, 0.1) is 23.6 Å². The van der Waals surface area contributed by atoms with Crippen LogP contribution in [0.1, 0.15) is 68.8 Å². The molecular formula is C29H45ClN4O4S. The van der Waals surface area contributed by atoms with Gasteiger partial charge in [0, 0.05) is 36.9 Å². The third-order valence-electron chi connectivity index (χ3n) is 6.94. The van der Waals surface area contributed by atoms with Crippen molar-refractivity contribution in [2.75, 3.05) is 35.0 Å². The van der Waals surface area contributed by atoms with Gasteiger partial charge in [0.1, 0.15) is 0 Å². The predicted octanol–water partition coefficient (Wildman–Crippen LogP) is 4.34. The molecule has 1 aliphatic heterocycles. The zero-order chi connectivity index (χ0) is 27.5. The van der Waals surface area contributed by atoms with Crippen molar-refractivity contribution in [3.05, 3.63) is 59.7 Å². The molecule has 1 amide bonds. The fourth-order valence-electron chi connectivity index (χ4n) is 4.75. The molecule has 4 N–H and O–H groups in total. The predicted molar refractivity (Wildman–Crippen MR) is 163 cm³/mol. The average Bonchev–Trinajstić information content (AvgIpc) is 2.90. The van der Waals surface area contributed by atoms with Crippen molar-refractivity contribution in [3.8, 4) is 0 Å². The van der Waals surface area contributed by atoms with Gasteiger partial charge in [-0.3, -0.25) is 9.10 Å². The Morgan fingerprint density at radius 1 is 1.10 bits per heavy atom. The summed E-state index contributed by atoms with van der Waals surface area (Å²) in [6, 6.07) is 14.7. The van der Waals surface area contributed by atoms with Crippen molar-refractivity contribution in [2.45, 2.75) is 77.5 Å². The number of anilines is 2. The van der Waals surface area contributed by atoms with Crippen molar-refractivity contribution in [1.82, 2.24) is 10.6 Å². The van der Waals surface area contributed by atoms with Crippen molar-refractivity contribution >= 4 is 39.7 Å². The Kier molecular flexibility index (Phi) is 13.5. The van der Waals surface area contributed by atoms with Crippen LogP contribution < -0.4 is 20.3 Å². The first-order valence-corrected chi connectivity index (χ1v) is 15.5. The minimum atomic E-state index is -3.42. The van der Waals surface area contributed by atoms with E-state index in [2.05, 4.69) is 29.8 Å². The molecule has 2 aromatic rings. The Balaban J connectivity index is 0.00000533. The summed E-state index contributed by atoms with van der Waals surface area (Å²) in [7, 11) is -3.42. The molecule has 1 unspecified atom stereocenters. The van der Waals surface area contributed by atoms with Crippen LogP contribution in [0.25, 0.3) is 0 Å². The topological polar surface area (TPSA) is 111 Å². The highest BCUT2D eigenvalue weighted by molar-refractivity contribution is 7.92. The second kappa shape index (κ2) is 16.1. The molecule has 0 radical (unpaired) electrons. The van der Waals surface area contributed by atoms with Crippen molar-refractivity contribution in [2.24, 2.45) is 0 Å². The zero-order valence-electron chi connectivity index (χ0n) is 23.4. The van der Waals surface area contributed by atoms with E-state index in [9.17, 15) is 18.3 Å². The maximum absolute atomic E-state index is 13.5. The Bertz CT molecular complexity index is 1130. The third-order valence-corrected chi connectivity index (χ3v) is 8.81. The normalized spacial score (nSPS) is 17.0. The first-order chi connectivity index (χ1) is 18.2. The molecule has 8 nitrogen and oxygen atoms in total. The molecule has 0 saturated carbocycles. The lowest BCUT2D eigenvalue weighted by Crippen LogP contribution is -2.49. The van der Waals surface area contributed by atoms with Gasteiger partial charge in [-0.25, -0.2) is 8.42 Å². The van der Waals surface area contributed by atoms with E-state index in [1.165, 1.54) is 4.31 Å². The van der Waals surface area contributed by atoms with Gasteiger partial charge in [-0.05, 0) is 63.3 Å². The molecule has 39 heavy (non-hydrogen) atoms. The second-order valence-electron chi connectivity index (χ2n) is 10.2. The fourth-order valence-corrected chi connectivity index (χ4v) is 6.37. The number of nitrogens with zero attached hydrogens (tertiary/aromatic N) is 1. The summed E-state index contributed by atoms with van der Waals surface area (Å²) in [5, 5.41) is 20.8. The van der Waals surface area contributed by atoms with E-state index in [0.717, 1.165) is 31.2 Å². The van der Waals surface area contributed by atoms with Gasteiger partial charge in [-0.2, -0.15) is 0 Å². The van der Waals surface area contributed by atoms with E-state index in [0.29, 0.717) is 49.4 Å². The number of nitrogens with one attached hydrogen (secondary N) is 3. The highest BCUT2D eigenvalue weighted by atomic mass is 35.5. The summed E-state index contributed by atoms with van der Waals surface area (Å²) in [6.07, 6.45) is 4.35. The Morgan fingerprint density at radius 3 is 2.51 bits per heavy atom. The number of rotatable bonds is 14. The maximum atomic E-state index is 13.5. The minimum absolute atomic E-state index is 0. The summed E-state index contributed by atoms with van der Waals surface area (Å²) in [4.78, 5) is 13.5. The first kappa shape index (κ1) is 32.9. The molecule has 218 valence electrons. The highest BCUT2D eigenvalue weighted by Crippen LogP contribution is 2.28. The molecule has 0 aliphatic carbocycles. The van der Waals surface area contributed by atoms with Gasteiger partial charge in [0.15, 0.2) is 0 Å². The molecule has 3 rings (SSSR count). The Morgan fingerprint density at radius 2 is 1.85 bits per heavy atom. The van der Waals surface area contributed by atoms with E-state index in [4.69, 9.17) is 0 Å². The first-order valence-electron chi connectivity index (χ1n) is 13.9. The van der Waals surface area contributed by atoms with Crippen LogP contribution in [0.3, 0.4) is 0 Å². The number of halogens is 1. The number of sulfonamides is 1. The van der Waals surface area contributed by atoms with Crippen LogP contribution in [0.4, 0.5) is 11.4 Å². The van der Waals surface area contributed by atoms with E-state index in [1.807, 2.05) is 37.3 Å². The van der Waals surface area contributed by atoms with Crippen LogP contribution in [-0.4, -0.2) is 63.0 Å². The number of hydrogen-bond donors (Lipinski definition) is 4. The molecule has 0 spiro atoms. The van der Waals surface area contributed by atoms with Crippen molar-refractivity contribution in [3.63, 3.8) is 0 Å². The molecule has 10 heteroatoms. The number of amides is 1. The lowest BCUT2D eigenvalue weighted by molar-refractivity contribution is 0.0825. The molecule has 0 bridgehead atoms. The third kappa shape index (κ3) is 9.98. The summed E-state index contributed by atoms with van der Waals surface area (Å²) in [5.41, 5.74) is 2.54. The number of benzene rings is 2. The van der Waals surface area contributed by atoms with Crippen LogP contribution in [0, 0.1) is 0 Å². The number of carbonyl (C=O) groups is 1. The van der Waals surface area contributed by atoms with Gasteiger partial charge < -0.3 is 21.1 Å². The summed E-state index contributed by atoms with van der Waals surface area (Å²) < 4.78 is 26.9. The number of aliphatic hydroxyl groups is 1. The second-order valence-corrected chi connectivity index (χ2v) is 12.2. The average molecular weight is 581 g/mol. The molecule has 2 aromatic carbocycles. The monoisotopic (exact) mass is 580 g/mol. The van der Waals surface area contributed by atoms with E-state index in [-0.39, 0.29) is 30.1 Å². The lowest BCUT2D eigenvalue weighted by atomic mass is 10.00. The van der Waals surface area contributed by atoms with Gasteiger partial charge in [0.25, 0.3) is 5.91 Å². The van der Waals surface area contributed by atoms with Crippen LogP contribution >= 0.6 is 12.4 Å². The van der Waals surface area contributed by atoms with Crippen molar-refractivity contribution in [1.29, 1.82) is 0 Å². The van der Waals surface area contributed by atoms with Crippen LogP contribution in [0.2, 0.25) is 0 Å². The van der Waals surface area contributed by atoms with Crippen LogP contribution in [0.15, 0.2) is 48.5 Å². The minimum Gasteiger partial charge on any atom is -0.390 e. The highest BCUT2D eigenvalue weighted by Gasteiger charge is 2.28. The zero-order valence-corrected chi connectivity index (χ0v) is 25.0. The van der Waals surface area contributed by atoms with Crippen molar-refractivity contribution < 1.29 is 18.3 Å². The summed E-state index contributed by atoms with van der Waals surface area (Å²) in [6.45, 7) is 7.60. The van der Waals surface area contributed by atoms with Crippen LogP contribution in [0.5, 0.6) is 0 Å². The molecule has 1 heterocycles. The maximum Gasteiger partial charge on any atom is 0.251 e. The van der Waals surface area contributed by atoms with E-state index < -0.39 is 22.2 Å². The molecule has 3 atom stereocenters. The lowest BCUT2D eigenvalue weighted by Gasteiger charge is -2.29. The van der Waals surface area contributed by atoms with Gasteiger partial charge in [0.2, 0.25) is 10.0 Å². The SMILES string of the molecule is CCCCC(C)NC[C@@H](O)[C@H](Cc1ccccc1)NC(=O)c1cc(NCC)cc(N2CCCCS2(=O)=O)c1.Cl. The molecular weight excluding hydrogens is 536 g/mol. The standard InChI is InChI=1S/C29H44N4O4S.ClH/c1-4-6-12-22(3)31-21-28(34)27(17-23-13-8-7-9-14-23)32-29(35)24-18-25(30-5-2)20-26(19-24)33-15-10-11-16-38(33,36)37;/h7-9,13-14,18-20,22,27-28,30-31,34H,4-6,10-12,15-17,21H2,1-3H3,(H,32,35);1H/t22?,27-,28+;/m0./s1. The van der Waals surface area contributed by atoms with E-state index in [1.54, 1.807) is 18.2 Å². The summed E-state index contributed by atoms with van der Waals surface area (Å²) in [5.74, 6) is -0.242. The number of hydrogen-bond acceptors (Lipinski definition) is 6.